The molecule has 4 nitrogen and oxygen atoms in total. The van der Waals surface area contributed by atoms with Crippen molar-refractivity contribution in [3.8, 4) is 0 Å². The minimum atomic E-state index is -1.01. The maximum atomic E-state index is 11.6. The Balaban J connectivity index is 2.70. The molecule has 0 atom stereocenters. The van der Waals surface area contributed by atoms with Crippen molar-refractivity contribution in [3.05, 3.63) is 16.3 Å². The largest absolute Gasteiger partial charge is 0.477 e. The highest BCUT2D eigenvalue weighted by atomic mass is 32.1. The predicted octanol–water partition coefficient (Wildman–Crippen LogP) is 2.82. The average molecular weight is 241 g/mol. The van der Waals surface area contributed by atoms with Gasteiger partial charge in [0.2, 0.25) is 5.91 Å². The molecule has 1 aromatic rings. The van der Waals surface area contributed by atoms with Gasteiger partial charge >= 0.3 is 5.97 Å². The van der Waals surface area contributed by atoms with E-state index in [2.05, 4.69) is 5.32 Å². The Morgan fingerprint density at radius 2 is 2.06 bits per heavy atom. The van der Waals surface area contributed by atoms with Gasteiger partial charge in [0, 0.05) is 6.42 Å². The van der Waals surface area contributed by atoms with E-state index in [1.807, 2.05) is 20.8 Å². The first-order chi connectivity index (χ1) is 7.29. The van der Waals surface area contributed by atoms with Crippen LogP contribution in [0.5, 0.6) is 0 Å². The molecule has 0 aliphatic carbocycles. The van der Waals surface area contributed by atoms with E-state index in [-0.39, 0.29) is 16.2 Å². The van der Waals surface area contributed by atoms with Crippen molar-refractivity contribution in [2.24, 2.45) is 5.41 Å². The smallest absolute Gasteiger partial charge is 0.348 e. The number of carbonyl (C=O) groups is 2. The molecule has 0 aliphatic heterocycles. The van der Waals surface area contributed by atoms with Crippen LogP contribution in [0.15, 0.2) is 11.4 Å². The van der Waals surface area contributed by atoms with Gasteiger partial charge in [0.05, 0.1) is 5.69 Å². The van der Waals surface area contributed by atoms with Crippen LogP contribution in [-0.2, 0) is 4.79 Å². The SMILES string of the molecule is CC(C)(C)CC(=O)Nc1ccsc1C(=O)O. The lowest BCUT2D eigenvalue weighted by molar-refractivity contribution is -0.117. The first-order valence-corrected chi connectivity index (χ1v) is 5.78. The van der Waals surface area contributed by atoms with Gasteiger partial charge < -0.3 is 10.4 Å². The van der Waals surface area contributed by atoms with E-state index < -0.39 is 5.97 Å². The molecule has 0 spiro atoms. The lowest BCUT2D eigenvalue weighted by Crippen LogP contribution is -2.20. The van der Waals surface area contributed by atoms with Crippen LogP contribution in [0.1, 0.15) is 36.9 Å². The van der Waals surface area contributed by atoms with Crippen LogP contribution in [0, 0.1) is 5.41 Å². The van der Waals surface area contributed by atoms with E-state index in [1.165, 1.54) is 0 Å². The second kappa shape index (κ2) is 4.65. The van der Waals surface area contributed by atoms with Crippen LogP contribution in [0.3, 0.4) is 0 Å². The lowest BCUT2D eigenvalue weighted by atomic mass is 9.92. The van der Waals surface area contributed by atoms with Crippen molar-refractivity contribution >= 4 is 28.9 Å². The normalized spacial score (nSPS) is 11.2. The van der Waals surface area contributed by atoms with Gasteiger partial charge in [-0.3, -0.25) is 4.79 Å². The third-order valence-electron chi connectivity index (χ3n) is 1.82. The summed E-state index contributed by atoms with van der Waals surface area (Å²) in [5.74, 6) is -1.17. The second-order valence-electron chi connectivity index (χ2n) is 4.75. The van der Waals surface area contributed by atoms with Gasteiger partial charge in [-0.25, -0.2) is 4.79 Å². The topological polar surface area (TPSA) is 66.4 Å². The van der Waals surface area contributed by atoms with Gasteiger partial charge in [-0.2, -0.15) is 0 Å². The van der Waals surface area contributed by atoms with Crippen molar-refractivity contribution in [1.82, 2.24) is 0 Å². The highest BCUT2D eigenvalue weighted by Crippen LogP contribution is 2.24. The summed E-state index contributed by atoms with van der Waals surface area (Å²) in [6.45, 7) is 5.87. The summed E-state index contributed by atoms with van der Waals surface area (Å²) in [5.41, 5.74) is 0.274. The number of thiophene rings is 1. The molecule has 5 heteroatoms. The Morgan fingerprint density at radius 3 is 2.56 bits per heavy atom. The van der Waals surface area contributed by atoms with Gasteiger partial charge in [-0.15, -0.1) is 11.3 Å². The summed E-state index contributed by atoms with van der Waals surface area (Å²) in [4.78, 5) is 22.6. The maximum Gasteiger partial charge on any atom is 0.348 e. The van der Waals surface area contributed by atoms with E-state index in [9.17, 15) is 9.59 Å². The molecular weight excluding hydrogens is 226 g/mol. The van der Waals surface area contributed by atoms with Gasteiger partial charge in [-0.1, -0.05) is 20.8 Å². The van der Waals surface area contributed by atoms with Gasteiger partial charge in [0.1, 0.15) is 4.88 Å². The quantitative estimate of drug-likeness (QED) is 0.855. The standard InChI is InChI=1S/C11H15NO3S/c1-11(2,3)6-8(13)12-7-4-5-16-9(7)10(14)15/h4-5H,6H2,1-3H3,(H,12,13)(H,14,15). The third kappa shape index (κ3) is 3.66. The van der Waals surface area contributed by atoms with Crippen LogP contribution < -0.4 is 5.32 Å². The monoisotopic (exact) mass is 241 g/mol. The summed E-state index contributed by atoms with van der Waals surface area (Å²) in [5, 5.41) is 13.1. The molecule has 2 N–H and O–H groups in total. The summed E-state index contributed by atoms with van der Waals surface area (Å²) >= 11 is 1.10. The van der Waals surface area contributed by atoms with Gasteiger partial charge in [-0.05, 0) is 16.9 Å². The molecule has 1 heterocycles. The van der Waals surface area contributed by atoms with Crippen LogP contribution in [0.2, 0.25) is 0 Å². The summed E-state index contributed by atoms with van der Waals surface area (Å²) in [7, 11) is 0. The number of rotatable bonds is 3. The molecule has 0 saturated heterocycles. The van der Waals surface area contributed by atoms with E-state index in [4.69, 9.17) is 5.11 Å². The highest BCUT2D eigenvalue weighted by Gasteiger charge is 2.18. The fraction of sp³-hybridized carbons (Fsp3) is 0.455. The number of hydrogen-bond donors (Lipinski definition) is 2. The van der Waals surface area contributed by atoms with Crippen LogP contribution >= 0.6 is 11.3 Å². The zero-order valence-electron chi connectivity index (χ0n) is 9.53. The number of aromatic carboxylic acids is 1. The van der Waals surface area contributed by atoms with E-state index in [0.717, 1.165) is 11.3 Å². The molecule has 88 valence electrons. The number of carboxylic acids is 1. The Labute approximate surface area is 98.3 Å². The van der Waals surface area contributed by atoms with Gasteiger partial charge in [0.15, 0.2) is 0 Å². The Morgan fingerprint density at radius 1 is 1.44 bits per heavy atom. The Kier molecular flexibility index (Phi) is 3.70. The number of carboxylic acid groups (broad SMARTS) is 1. The molecule has 0 aliphatic rings. The summed E-state index contributed by atoms with van der Waals surface area (Å²) in [6, 6.07) is 1.61. The minimum absolute atomic E-state index is 0.108. The molecule has 0 radical (unpaired) electrons. The molecule has 0 aromatic carbocycles. The summed E-state index contributed by atoms with van der Waals surface area (Å²) < 4.78 is 0. The zero-order chi connectivity index (χ0) is 12.3. The van der Waals surface area contributed by atoms with Crippen molar-refractivity contribution < 1.29 is 14.7 Å². The lowest BCUT2D eigenvalue weighted by Gasteiger charge is -2.17. The summed E-state index contributed by atoms with van der Waals surface area (Å²) in [6.07, 6.45) is 0.363. The van der Waals surface area contributed by atoms with Crippen LogP contribution in [-0.4, -0.2) is 17.0 Å². The first kappa shape index (κ1) is 12.7. The van der Waals surface area contributed by atoms with Gasteiger partial charge in [0.25, 0.3) is 0 Å². The third-order valence-corrected chi connectivity index (χ3v) is 2.73. The fourth-order valence-electron chi connectivity index (χ4n) is 1.25. The van der Waals surface area contributed by atoms with Crippen molar-refractivity contribution in [2.45, 2.75) is 27.2 Å². The van der Waals surface area contributed by atoms with E-state index in [1.54, 1.807) is 11.4 Å². The molecular formula is C11H15NO3S. The number of amides is 1. The predicted molar refractivity (Wildman–Crippen MR) is 64.0 cm³/mol. The van der Waals surface area contributed by atoms with E-state index in [0.29, 0.717) is 12.1 Å². The first-order valence-electron chi connectivity index (χ1n) is 4.90. The minimum Gasteiger partial charge on any atom is -0.477 e. The molecule has 0 saturated carbocycles. The van der Waals surface area contributed by atoms with Crippen LogP contribution in [0.25, 0.3) is 0 Å². The number of anilines is 1. The Hall–Kier alpha value is -1.36. The molecule has 1 amide bonds. The second-order valence-corrected chi connectivity index (χ2v) is 5.67. The highest BCUT2D eigenvalue weighted by molar-refractivity contribution is 7.12. The molecule has 0 bridgehead atoms. The number of hydrogen-bond acceptors (Lipinski definition) is 3. The molecule has 1 rings (SSSR count). The molecule has 0 fully saturated rings. The average Bonchev–Trinajstić information content (AvgIpc) is 2.47. The van der Waals surface area contributed by atoms with Crippen LogP contribution in [0.4, 0.5) is 5.69 Å². The number of nitrogens with one attached hydrogen (secondary N) is 1. The molecule has 16 heavy (non-hydrogen) atoms. The number of carbonyl (C=O) groups excluding carboxylic acids is 1. The fourth-order valence-corrected chi connectivity index (χ4v) is 1.94. The van der Waals surface area contributed by atoms with E-state index >= 15 is 0 Å². The Bertz CT molecular complexity index is 404. The molecule has 0 unspecified atom stereocenters. The van der Waals surface area contributed by atoms with Crippen molar-refractivity contribution in [1.29, 1.82) is 0 Å². The van der Waals surface area contributed by atoms with Crippen molar-refractivity contribution in [2.75, 3.05) is 5.32 Å². The maximum absolute atomic E-state index is 11.6. The zero-order valence-corrected chi connectivity index (χ0v) is 10.4. The molecule has 1 aromatic heterocycles. The van der Waals surface area contributed by atoms with Crippen molar-refractivity contribution in [3.63, 3.8) is 0 Å².